The number of carbonyl (C=O) groups is 1. The molecule has 0 bridgehead atoms. The third-order valence-electron chi connectivity index (χ3n) is 2.00. The maximum absolute atomic E-state index is 11.5. The van der Waals surface area contributed by atoms with Crippen LogP contribution in [-0.4, -0.2) is 34.9 Å². The third kappa shape index (κ3) is 6.28. The van der Waals surface area contributed by atoms with E-state index in [4.69, 9.17) is 16.3 Å². The van der Waals surface area contributed by atoms with Crippen molar-refractivity contribution in [2.75, 3.05) is 13.2 Å². The van der Waals surface area contributed by atoms with E-state index in [9.17, 15) is 4.79 Å². The van der Waals surface area contributed by atoms with E-state index in [1.165, 1.54) is 10.9 Å². The van der Waals surface area contributed by atoms with Crippen molar-refractivity contribution in [3.8, 4) is 0 Å². The van der Waals surface area contributed by atoms with Gasteiger partial charge in [-0.1, -0.05) is 11.6 Å². The van der Waals surface area contributed by atoms with Crippen LogP contribution in [-0.2, 0) is 16.1 Å². The van der Waals surface area contributed by atoms with Crippen LogP contribution in [0.3, 0.4) is 0 Å². The Morgan fingerprint density at radius 3 is 3.00 bits per heavy atom. The van der Waals surface area contributed by atoms with Gasteiger partial charge in [0.1, 0.15) is 6.54 Å². The van der Waals surface area contributed by atoms with Gasteiger partial charge >= 0.3 is 0 Å². The second-order valence-electron chi connectivity index (χ2n) is 3.98. The average molecular weight is 260 g/mol. The number of nitrogens with one attached hydrogen (secondary N) is 1. The predicted molar refractivity (Wildman–Crippen MR) is 66.0 cm³/mol. The summed E-state index contributed by atoms with van der Waals surface area (Å²) < 4.78 is 6.86. The number of ether oxygens (including phenoxy) is 1. The number of carbonyl (C=O) groups excluding carboxylic acids is 1. The number of hydrogen-bond acceptors (Lipinski definition) is 3. The molecule has 0 saturated carbocycles. The molecule has 1 heterocycles. The number of rotatable bonds is 7. The summed E-state index contributed by atoms with van der Waals surface area (Å²) in [6.45, 7) is 5.43. The zero-order valence-corrected chi connectivity index (χ0v) is 10.9. The lowest BCUT2D eigenvalue weighted by molar-refractivity contribution is -0.121. The highest BCUT2D eigenvalue weighted by atomic mass is 35.5. The summed E-state index contributed by atoms with van der Waals surface area (Å²) in [6, 6.07) is 0. The summed E-state index contributed by atoms with van der Waals surface area (Å²) in [5.41, 5.74) is 0. The molecular weight excluding hydrogens is 242 g/mol. The minimum atomic E-state index is -0.0747. The third-order valence-corrected chi connectivity index (χ3v) is 2.20. The summed E-state index contributed by atoms with van der Waals surface area (Å²) in [5.74, 6) is -0.0747. The Labute approximate surface area is 106 Å². The molecule has 0 atom stereocenters. The number of amides is 1. The molecule has 0 saturated heterocycles. The van der Waals surface area contributed by atoms with Crippen molar-refractivity contribution in [1.29, 1.82) is 0 Å². The average Bonchev–Trinajstić information content (AvgIpc) is 2.63. The molecule has 1 rings (SSSR count). The predicted octanol–water partition coefficient (Wildman–Crippen LogP) is 1.47. The lowest BCUT2D eigenvalue weighted by Gasteiger charge is -2.08. The molecule has 0 aromatic carbocycles. The minimum absolute atomic E-state index is 0.0747. The van der Waals surface area contributed by atoms with Crippen LogP contribution in [0.5, 0.6) is 0 Å². The van der Waals surface area contributed by atoms with Gasteiger partial charge in [-0.05, 0) is 20.3 Å². The van der Waals surface area contributed by atoms with Crippen molar-refractivity contribution in [3.63, 3.8) is 0 Å². The molecule has 1 amide bonds. The first-order valence-electron chi connectivity index (χ1n) is 5.64. The quantitative estimate of drug-likeness (QED) is 0.755. The molecule has 1 N–H and O–H groups in total. The molecule has 5 nitrogen and oxygen atoms in total. The lowest BCUT2D eigenvalue weighted by Crippen LogP contribution is -2.29. The molecular formula is C11H18ClN3O2. The fraction of sp³-hybridized carbons (Fsp3) is 0.636. The van der Waals surface area contributed by atoms with Crippen LogP contribution in [0.4, 0.5) is 0 Å². The van der Waals surface area contributed by atoms with Gasteiger partial charge in [0, 0.05) is 19.3 Å². The maximum atomic E-state index is 11.5. The van der Waals surface area contributed by atoms with Crippen molar-refractivity contribution in [2.45, 2.75) is 32.9 Å². The van der Waals surface area contributed by atoms with E-state index in [2.05, 4.69) is 10.4 Å². The van der Waals surface area contributed by atoms with E-state index < -0.39 is 0 Å². The van der Waals surface area contributed by atoms with E-state index in [-0.39, 0.29) is 18.6 Å². The van der Waals surface area contributed by atoms with Gasteiger partial charge < -0.3 is 10.1 Å². The Kier molecular flexibility index (Phi) is 6.00. The van der Waals surface area contributed by atoms with Crippen molar-refractivity contribution < 1.29 is 9.53 Å². The first-order valence-corrected chi connectivity index (χ1v) is 6.02. The Balaban J connectivity index is 2.09. The fourth-order valence-electron chi connectivity index (χ4n) is 1.25. The van der Waals surface area contributed by atoms with Gasteiger partial charge in [0.25, 0.3) is 0 Å². The zero-order valence-electron chi connectivity index (χ0n) is 10.1. The summed E-state index contributed by atoms with van der Waals surface area (Å²) in [6.07, 6.45) is 4.16. The van der Waals surface area contributed by atoms with E-state index in [1.807, 2.05) is 13.8 Å². The second kappa shape index (κ2) is 7.29. The van der Waals surface area contributed by atoms with Crippen LogP contribution >= 0.6 is 11.6 Å². The van der Waals surface area contributed by atoms with Crippen LogP contribution in [0.1, 0.15) is 20.3 Å². The van der Waals surface area contributed by atoms with Crippen LogP contribution in [0, 0.1) is 0 Å². The van der Waals surface area contributed by atoms with Crippen LogP contribution < -0.4 is 5.32 Å². The monoisotopic (exact) mass is 259 g/mol. The van der Waals surface area contributed by atoms with Gasteiger partial charge in [-0.15, -0.1) is 0 Å². The number of hydrogen-bond donors (Lipinski definition) is 1. The highest BCUT2D eigenvalue weighted by Crippen LogP contribution is 2.03. The fourth-order valence-corrected chi connectivity index (χ4v) is 1.40. The summed E-state index contributed by atoms with van der Waals surface area (Å²) in [4.78, 5) is 11.5. The lowest BCUT2D eigenvalue weighted by atomic mass is 10.4. The van der Waals surface area contributed by atoms with Gasteiger partial charge in [0.05, 0.1) is 17.3 Å². The molecule has 1 aromatic rings. The van der Waals surface area contributed by atoms with Crippen molar-refractivity contribution >= 4 is 17.5 Å². The SMILES string of the molecule is CC(C)OCCCNC(=O)Cn1cc(Cl)cn1. The summed E-state index contributed by atoms with van der Waals surface area (Å²) >= 11 is 5.69. The molecule has 96 valence electrons. The topological polar surface area (TPSA) is 56.1 Å². The maximum Gasteiger partial charge on any atom is 0.241 e. The number of aromatic nitrogens is 2. The van der Waals surface area contributed by atoms with Gasteiger partial charge in [0.15, 0.2) is 0 Å². The highest BCUT2D eigenvalue weighted by Gasteiger charge is 2.03. The van der Waals surface area contributed by atoms with E-state index in [1.54, 1.807) is 6.20 Å². The van der Waals surface area contributed by atoms with Gasteiger partial charge in [-0.25, -0.2) is 0 Å². The largest absolute Gasteiger partial charge is 0.379 e. The Morgan fingerprint density at radius 1 is 1.65 bits per heavy atom. The molecule has 17 heavy (non-hydrogen) atoms. The van der Waals surface area contributed by atoms with Crippen molar-refractivity contribution in [1.82, 2.24) is 15.1 Å². The molecule has 0 radical (unpaired) electrons. The summed E-state index contributed by atoms with van der Waals surface area (Å²) in [7, 11) is 0. The Morgan fingerprint density at radius 2 is 2.41 bits per heavy atom. The molecule has 0 aliphatic carbocycles. The molecule has 0 spiro atoms. The second-order valence-corrected chi connectivity index (χ2v) is 4.42. The minimum Gasteiger partial charge on any atom is -0.379 e. The Bertz CT molecular complexity index is 352. The smallest absolute Gasteiger partial charge is 0.241 e. The first kappa shape index (κ1) is 14.0. The summed E-state index contributed by atoms with van der Waals surface area (Å²) in [5, 5.41) is 7.24. The first-order chi connectivity index (χ1) is 8.08. The van der Waals surface area contributed by atoms with Gasteiger partial charge in [-0.3, -0.25) is 9.48 Å². The number of halogens is 1. The van der Waals surface area contributed by atoms with Crippen LogP contribution in [0.25, 0.3) is 0 Å². The van der Waals surface area contributed by atoms with Crippen LogP contribution in [0.15, 0.2) is 12.4 Å². The Hall–Kier alpha value is -1.07. The van der Waals surface area contributed by atoms with E-state index in [0.717, 1.165) is 6.42 Å². The zero-order chi connectivity index (χ0) is 12.7. The molecule has 1 aromatic heterocycles. The highest BCUT2D eigenvalue weighted by molar-refractivity contribution is 6.30. The van der Waals surface area contributed by atoms with E-state index >= 15 is 0 Å². The molecule has 0 unspecified atom stereocenters. The van der Waals surface area contributed by atoms with Crippen molar-refractivity contribution in [3.05, 3.63) is 17.4 Å². The normalized spacial score (nSPS) is 10.8. The van der Waals surface area contributed by atoms with Crippen LogP contribution in [0.2, 0.25) is 5.02 Å². The number of nitrogens with zero attached hydrogens (tertiary/aromatic N) is 2. The molecule has 0 fully saturated rings. The van der Waals surface area contributed by atoms with E-state index in [0.29, 0.717) is 18.2 Å². The molecule has 0 aliphatic rings. The standard InChI is InChI=1S/C11H18ClN3O2/c1-9(2)17-5-3-4-13-11(16)8-15-7-10(12)6-14-15/h6-7,9H,3-5,8H2,1-2H3,(H,13,16). The van der Waals surface area contributed by atoms with Gasteiger partial charge in [-0.2, -0.15) is 5.10 Å². The van der Waals surface area contributed by atoms with Gasteiger partial charge in [0.2, 0.25) is 5.91 Å². The molecule has 0 aliphatic heterocycles. The van der Waals surface area contributed by atoms with Crippen molar-refractivity contribution in [2.24, 2.45) is 0 Å². The molecule has 6 heteroatoms.